The fourth-order valence-corrected chi connectivity index (χ4v) is 5.18. The molecule has 158 valence electrons. The lowest BCUT2D eigenvalue weighted by molar-refractivity contribution is -0.137. The van der Waals surface area contributed by atoms with Gasteiger partial charge in [-0.05, 0) is 38.0 Å². The van der Waals surface area contributed by atoms with E-state index in [4.69, 9.17) is 11.6 Å². The van der Waals surface area contributed by atoms with E-state index in [1.54, 1.807) is 6.92 Å². The fraction of sp³-hybridized carbons (Fsp3) is 0.500. The van der Waals surface area contributed by atoms with Gasteiger partial charge in [0.2, 0.25) is 11.0 Å². The van der Waals surface area contributed by atoms with Gasteiger partial charge in [-0.15, -0.1) is 10.2 Å². The summed E-state index contributed by atoms with van der Waals surface area (Å²) in [7, 11) is 0. The van der Waals surface area contributed by atoms with E-state index in [9.17, 15) is 18.0 Å². The number of benzene rings is 1. The molecule has 5 nitrogen and oxygen atoms in total. The minimum absolute atomic E-state index is 0.0513. The molecule has 1 unspecified atom stereocenters. The molecule has 2 N–H and O–H groups in total. The van der Waals surface area contributed by atoms with E-state index in [2.05, 4.69) is 20.8 Å². The number of thioether (sulfide) groups is 1. The molecule has 1 aliphatic carbocycles. The van der Waals surface area contributed by atoms with E-state index in [0.717, 1.165) is 36.7 Å². The number of nitrogens with zero attached hydrogens (tertiary/aromatic N) is 2. The summed E-state index contributed by atoms with van der Waals surface area (Å²) >= 11 is 8.16. The number of carbonyl (C=O) groups is 1. The van der Waals surface area contributed by atoms with Crippen molar-refractivity contribution in [3.8, 4) is 0 Å². The smallest absolute Gasteiger partial charge is 0.357 e. The number of aromatic nitrogens is 2. The second kappa shape index (κ2) is 9.53. The molecular weight excluding hydrogens is 445 g/mol. The van der Waals surface area contributed by atoms with Gasteiger partial charge in [0, 0.05) is 11.1 Å². The number of rotatable bonds is 6. The van der Waals surface area contributed by atoms with Crippen LogP contribution in [-0.2, 0) is 11.0 Å². The maximum atomic E-state index is 13.2. The molecule has 1 amide bonds. The quantitative estimate of drug-likeness (QED) is 0.507. The number of carbonyl (C=O) groups excluding carboxylic acids is 1. The van der Waals surface area contributed by atoms with Gasteiger partial charge in [-0.1, -0.05) is 54.0 Å². The lowest BCUT2D eigenvalue weighted by Crippen LogP contribution is -2.24. The molecular formula is C18H20ClF3N4OS2. The van der Waals surface area contributed by atoms with E-state index in [-0.39, 0.29) is 10.7 Å². The highest BCUT2D eigenvalue weighted by molar-refractivity contribution is 8.02. The molecule has 0 spiro atoms. The van der Waals surface area contributed by atoms with Gasteiger partial charge >= 0.3 is 6.18 Å². The third-order valence-electron chi connectivity index (χ3n) is 4.53. The van der Waals surface area contributed by atoms with Crippen LogP contribution in [0.5, 0.6) is 0 Å². The van der Waals surface area contributed by atoms with E-state index in [0.29, 0.717) is 15.5 Å². The van der Waals surface area contributed by atoms with Crippen molar-refractivity contribution in [3.05, 3.63) is 28.8 Å². The summed E-state index contributed by atoms with van der Waals surface area (Å²) < 4.78 is 40.1. The number of halogens is 4. The molecule has 1 atom stereocenters. The topological polar surface area (TPSA) is 66.9 Å². The summed E-state index contributed by atoms with van der Waals surface area (Å²) in [5, 5.41) is 13.9. The van der Waals surface area contributed by atoms with E-state index >= 15 is 0 Å². The summed E-state index contributed by atoms with van der Waals surface area (Å²) in [6.07, 6.45) is 1.22. The third kappa shape index (κ3) is 6.23. The zero-order valence-corrected chi connectivity index (χ0v) is 17.9. The first-order valence-corrected chi connectivity index (χ1v) is 11.2. The molecule has 0 saturated heterocycles. The molecule has 0 aliphatic heterocycles. The third-order valence-corrected chi connectivity index (χ3v) is 6.80. The summed E-state index contributed by atoms with van der Waals surface area (Å²) in [4.78, 5) is 12.4. The molecule has 29 heavy (non-hydrogen) atoms. The van der Waals surface area contributed by atoms with Crippen LogP contribution in [0.4, 0.5) is 24.0 Å². The van der Waals surface area contributed by atoms with Gasteiger partial charge in [0.25, 0.3) is 0 Å². The van der Waals surface area contributed by atoms with Crippen LogP contribution in [0.3, 0.4) is 0 Å². The molecule has 11 heteroatoms. The van der Waals surface area contributed by atoms with E-state index < -0.39 is 22.9 Å². The lowest BCUT2D eigenvalue weighted by atomic mass is 9.96. The highest BCUT2D eigenvalue weighted by Crippen LogP contribution is 2.37. The summed E-state index contributed by atoms with van der Waals surface area (Å²) in [5.74, 6) is -0.556. The highest BCUT2D eigenvalue weighted by Gasteiger charge is 2.34. The number of nitrogens with one attached hydrogen (secondary N) is 2. The van der Waals surface area contributed by atoms with Crippen LogP contribution in [0.1, 0.15) is 44.6 Å². The van der Waals surface area contributed by atoms with Crippen molar-refractivity contribution in [1.29, 1.82) is 0 Å². The Morgan fingerprint density at radius 1 is 1.28 bits per heavy atom. The summed E-state index contributed by atoms with van der Waals surface area (Å²) in [6.45, 7) is 1.61. The largest absolute Gasteiger partial charge is 0.418 e. The van der Waals surface area contributed by atoms with E-state index in [1.807, 2.05) is 0 Å². The predicted molar refractivity (Wildman–Crippen MR) is 111 cm³/mol. The number of alkyl halides is 3. The first kappa shape index (κ1) is 22.2. The van der Waals surface area contributed by atoms with Crippen molar-refractivity contribution in [2.45, 2.75) is 60.8 Å². The van der Waals surface area contributed by atoms with Crippen LogP contribution in [-0.4, -0.2) is 27.4 Å². The highest BCUT2D eigenvalue weighted by atomic mass is 35.5. The minimum atomic E-state index is -4.62. The van der Waals surface area contributed by atoms with Gasteiger partial charge in [0.15, 0.2) is 4.34 Å². The molecule has 1 aliphatic rings. The standard InChI is InChI=1S/C18H20ClF3N4OS2/c1-10(15(27)24-14-8-7-11(19)9-13(14)18(20,21)22)28-17-26-25-16(29-17)23-12-5-3-2-4-6-12/h7-10,12H,2-6H2,1H3,(H,23,25)(H,24,27). The van der Waals surface area contributed by atoms with Gasteiger partial charge in [-0.2, -0.15) is 13.2 Å². The summed E-state index contributed by atoms with van der Waals surface area (Å²) in [5.41, 5.74) is -1.30. The SMILES string of the molecule is CC(Sc1nnc(NC2CCCCC2)s1)C(=O)Nc1ccc(Cl)cc1C(F)(F)F. The van der Waals surface area contributed by atoms with Gasteiger partial charge in [0.05, 0.1) is 16.5 Å². The molecule has 1 aromatic heterocycles. The summed E-state index contributed by atoms with van der Waals surface area (Å²) in [6, 6.07) is 3.64. The van der Waals surface area contributed by atoms with Crippen LogP contribution < -0.4 is 10.6 Å². The fourth-order valence-electron chi connectivity index (χ4n) is 3.04. The molecule has 0 radical (unpaired) electrons. The Hall–Kier alpha value is -1.52. The number of hydrogen-bond donors (Lipinski definition) is 2. The molecule has 3 rings (SSSR count). The Bertz CT molecular complexity index is 856. The Morgan fingerprint density at radius 3 is 2.69 bits per heavy atom. The normalized spacial score (nSPS) is 16.4. The first-order valence-electron chi connectivity index (χ1n) is 9.16. The van der Waals surface area contributed by atoms with Crippen molar-refractivity contribution in [1.82, 2.24) is 10.2 Å². The monoisotopic (exact) mass is 464 g/mol. The van der Waals surface area contributed by atoms with Crippen LogP contribution in [0, 0.1) is 0 Å². The van der Waals surface area contributed by atoms with Crippen molar-refractivity contribution >= 4 is 51.4 Å². The first-order chi connectivity index (χ1) is 13.7. The lowest BCUT2D eigenvalue weighted by Gasteiger charge is -2.21. The van der Waals surface area contributed by atoms with Crippen molar-refractivity contribution < 1.29 is 18.0 Å². The average molecular weight is 465 g/mol. The Balaban J connectivity index is 1.60. The van der Waals surface area contributed by atoms with Gasteiger partial charge in [-0.3, -0.25) is 4.79 Å². The Kier molecular flexibility index (Phi) is 7.28. The maximum absolute atomic E-state index is 13.2. The van der Waals surface area contributed by atoms with Crippen LogP contribution in [0.2, 0.25) is 5.02 Å². The molecule has 1 heterocycles. The Labute approximate surface area is 179 Å². The number of hydrogen-bond acceptors (Lipinski definition) is 6. The van der Waals surface area contributed by atoms with Gasteiger partial charge < -0.3 is 10.6 Å². The van der Waals surface area contributed by atoms with Gasteiger partial charge in [-0.25, -0.2) is 0 Å². The molecule has 1 fully saturated rings. The minimum Gasteiger partial charge on any atom is -0.357 e. The zero-order chi connectivity index (χ0) is 21.0. The van der Waals surface area contributed by atoms with Crippen molar-refractivity contribution in [2.24, 2.45) is 0 Å². The van der Waals surface area contributed by atoms with E-state index in [1.165, 1.54) is 36.7 Å². The van der Waals surface area contributed by atoms with Crippen LogP contribution in [0.25, 0.3) is 0 Å². The molecule has 2 aromatic rings. The zero-order valence-electron chi connectivity index (χ0n) is 15.6. The molecule has 0 bridgehead atoms. The second-order valence-electron chi connectivity index (χ2n) is 6.79. The maximum Gasteiger partial charge on any atom is 0.418 e. The van der Waals surface area contributed by atoms with Crippen LogP contribution >= 0.6 is 34.7 Å². The predicted octanol–water partition coefficient (Wildman–Crippen LogP) is 6.07. The average Bonchev–Trinajstić information content (AvgIpc) is 3.09. The number of anilines is 2. The second-order valence-corrected chi connectivity index (χ2v) is 9.79. The van der Waals surface area contributed by atoms with Crippen LogP contribution in [0.15, 0.2) is 22.5 Å². The molecule has 1 aromatic carbocycles. The Morgan fingerprint density at radius 2 is 2.00 bits per heavy atom. The van der Waals surface area contributed by atoms with Crippen molar-refractivity contribution in [2.75, 3.05) is 10.6 Å². The number of amides is 1. The van der Waals surface area contributed by atoms with Gasteiger partial charge in [0.1, 0.15) is 0 Å². The molecule has 1 saturated carbocycles. The van der Waals surface area contributed by atoms with Crippen molar-refractivity contribution in [3.63, 3.8) is 0 Å².